The maximum Gasteiger partial charge on any atom is 0.301 e. The molecule has 1 fully saturated rings. The first kappa shape index (κ1) is 28.3. The van der Waals surface area contributed by atoms with Crippen LogP contribution >= 0.6 is 0 Å². The van der Waals surface area contributed by atoms with Crippen molar-refractivity contribution in [1.29, 1.82) is 0 Å². The van der Waals surface area contributed by atoms with Crippen LogP contribution in [0.25, 0.3) is 5.76 Å². The van der Waals surface area contributed by atoms with Crippen molar-refractivity contribution in [2.75, 3.05) is 4.90 Å². The molecule has 12 heteroatoms. The van der Waals surface area contributed by atoms with Gasteiger partial charge in [0, 0.05) is 5.56 Å². The van der Waals surface area contributed by atoms with E-state index >= 15 is 0 Å². The standard InChI is InChI=1S/C32H28N8O4/c1-20(2)23-10-12-25(13-11-23)30(41)28-29(39(32(43)31(28)42)27-18-9-21(3)33-34-27)24-14-16-26(17-15-24)44-40-37-35-36-38(40)19-22-7-5-4-6-8-22/h4-18,20,29H,19H2,1-3H3/p+1. The van der Waals surface area contributed by atoms with E-state index in [4.69, 9.17) is 4.84 Å². The average molecular weight is 590 g/mol. The summed E-state index contributed by atoms with van der Waals surface area (Å²) in [5, 5.41) is 31.3. The zero-order chi connectivity index (χ0) is 30.8. The molecule has 2 aromatic heterocycles. The van der Waals surface area contributed by atoms with Gasteiger partial charge in [0.25, 0.3) is 5.78 Å². The number of Topliss-reactive ketones (excluding diaryl/α,β-unsaturated/α-hetero) is 1. The minimum atomic E-state index is -0.970. The summed E-state index contributed by atoms with van der Waals surface area (Å²) < 4.78 is 0. The molecule has 3 aromatic carbocycles. The van der Waals surface area contributed by atoms with Crippen molar-refractivity contribution < 1.29 is 24.3 Å². The van der Waals surface area contributed by atoms with Crippen LogP contribution < -0.4 is 14.5 Å². The van der Waals surface area contributed by atoms with Crippen molar-refractivity contribution in [3.63, 3.8) is 0 Å². The van der Waals surface area contributed by atoms with Crippen LogP contribution in [0.1, 0.15) is 53.8 Å². The molecule has 6 rings (SSSR count). The maximum atomic E-state index is 13.5. The number of hydrogen-bond acceptors (Lipinski definition) is 9. The number of benzene rings is 3. The highest BCUT2D eigenvalue weighted by Crippen LogP contribution is 2.42. The molecule has 44 heavy (non-hydrogen) atoms. The molecule has 0 radical (unpaired) electrons. The normalized spacial score (nSPS) is 16.1. The summed E-state index contributed by atoms with van der Waals surface area (Å²) in [6.07, 6.45) is 0. The Hall–Kier alpha value is -5.78. The van der Waals surface area contributed by atoms with Gasteiger partial charge in [0.1, 0.15) is 17.5 Å². The molecule has 1 aliphatic rings. The van der Waals surface area contributed by atoms with E-state index < -0.39 is 17.7 Å². The van der Waals surface area contributed by atoms with Crippen LogP contribution in [0.5, 0.6) is 5.75 Å². The van der Waals surface area contributed by atoms with E-state index in [1.54, 1.807) is 55.5 Å². The van der Waals surface area contributed by atoms with Crippen molar-refractivity contribution in [2.24, 2.45) is 0 Å². The second-order valence-electron chi connectivity index (χ2n) is 10.7. The zero-order valence-corrected chi connectivity index (χ0v) is 24.3. The first-order valence-electron chi connectivity index (χ1n) is 14.0. The summed E-state index contributed by atoms with van der Waals surface area (Å²) in [6, 6.07) is 26.1. The van der Waals surface area contributed by atoms with E-state index in [9.17, 15) is 14.7 Å². The van der Waals surface area contributed by atoms with Crippen LogP contribution in [-0.2, 0) is 16.1 Å². The number of rotatable bonds is 8. The van der Waals surface area contributed by atoms with Gasteiger partial charge in [-0.15, -0.1) is 5.10 Å². The van der Waals surface area contributed by atoms with Crippen molar-refractivity contribution >= 4 is 23.3 Å². The van der Waals surface area contributed by atoms with Crippen molar-refractivity contribution in [3.05, 3.63) is 125 Å². The molecule has 0 bridgehead atoms. The maximum absolute atomic E-state index is 13.5. The van der Waals surface area contributed by atoms with E-state index in [0.29, 0.717) is 35.0 Å². The molecular weight excluding hydrogens is 560 g/mol. The topological polar surface area (TPSA) is 140 Å². The molecule has 1 atom stereocenters. The number of aryl methyl sites for hydroxylation is 1. The van der Waals surface area contributed by atoms with Crippen LogP contribution in [0.15, 0.2) is 96.6 Å². The summed E-state index contributed by atoms with van der Waals surface area (Å²) in [7, 11) is 0. The monoisotopic (exact) mass is 589 g/mol. The number of hydrogen-bond donors (Lipinski definition) is 1. The summed E-state index contributed by atoms with van der Waals surface area (Å²) in [6.45, 7) is 6.30. The SMILES string of the molecule is Cc1ccc(N2C(=O)C(=O)C(=C(O)c3ccc(C(C)C)cc3)C2c2ccc(On3nnn[n+]3Cc3ccccc3)cc2)nn1. The third-order valence-electron chi connectivity index (χ3n) is 7.33. The first-order chi connectivity index (χ1) is 21.3. The molecular formula is C32H29N8O4+. The average Bonchev–Trinajstić information content (AvgIpc) is 3.58. The number of aromatic nitrogens is 7. The van der Waals surface area contributed by atoms with Crippen molar-refractivity contribution in [1.82, 2.24) is 30.8 Å². The first-order valence-corrected chi connectivity index (χ1v) is 14.0. The van der Waals surface area contributed by atoms with Crippen LogP contribution in [-0.4, -0.2) is 47.6 Å². The van der Waals surface area contributed by atoms with Gasteiger partial charge in [0.05, 0.1) is 17.3 Å². The van der Waals surface area contributed by atoms with E-state index in [1.165, 1.54) is 9.70 Å². The molecule has 12 nitrogen and oxygen atoms in total. The lowest BCUT2D eigenvalue weighted by molar-refractivity contribution is -0.844. The Labute approximate surface area is 252 Å². The second-order valence-corrected chi connectivity index (χ2v) is 10.7. The van der Waals surface area contributed by atoms with Crippen LogP contribution in [0.3, 0.4) is 0 Å². The van der Waals surface area contributed by atoms with E-state index in [-0.39, 0.29) is 17.2 Å². The fraction of sp³-hybridized carbons (Fsp3) is 0.188. The molecule has 1 aliphatic heterocycles. The quantitative estimate of drug-likeness (QED) is 0.124. The Balaban J connectivity index is 1.36. The lowest BCUT2D eigenvalue weighted by Gasteiger charge is -2.24. The smallest absolute Gasteiger partial charge is 0.301 e. The number of amides is 1. The summed E-state index contributed by atoms with van der Waals surface area (Å²) >= 11 is 0. The largest absolute Gasteiger partial charge is 0.507 e. The van der Waals surface area contributed by atoms with E-state index in [0.717, 1.165) is 16.1 Å². The van der Waals surface area contributed by atoms with Gasteiger partial charge < -0.3 is 9.94 Å². The summed E-state index contributed by atoms with van der Waals surface area (Å²) in [5.74, 6) is -1.03. The Bertz CT molecular complexity index is 1830. The molecule has 0 aliphatic carbocycles. The molecule has 1 saturated heterocycles. The summed E-state index contributed by atoms with van der Waals surface area (Å²) in [4.78, 5) is 36.7. The van der Waals surface area contributed by atoms with Gasteiger partial charge in [-0.1, -0.05) is 80.6 Å². The van der Waals surface area contributed by atoms with Crippen LogP contribution in [0.4, 0.5) is 5.82 Å². The minimum Gasteiger partial charge on any atom is -0.507 e. The Morgan fingerprint density at radius 2 is 1.66 bits per heavy atom. The van der Waals surface area contributed by atoms with Crippen molar-refractivity contribution in [3.8, 4) is 5.75 Å². The lowest BCUT2D eigenvalue weighted by Crippen LogP contribution is -2.48. The highest BCUT2D eigenvalue weighted by Gasteiger charge is 2.47. The number of carbonyl (C=O) groups excluding carboxylic acids is 2. The third-order valence-corrected chi connectivity index (χ3v) is 7.33. The Kier molecular flexibility index (Phi) is 7.63. The lowest BCUT2D eigenvalue weighted by atomic mass is 9.94. The molecule has 0 spiro atoms. The fourth-order valence-electron chi connectivity index (χ4n) is 4.97. The van der Waals surface area contributed by atoms with Gasteiger partial charge in [-0.25, -0.2) is 0 Å². The molecule has 1 amide bonds. The number of ketones is 1. The van der Waals surface area contributed by atoms with Crippen LogP contribution in [0.2, 0.25) is 0 Å². The molecule has 5 aromatic rings. The van der Waals surface area contributed by atoms with Gasteiger partial charge in [0.15, 0.2) is 16.5 Å². The summed E-state index contributed by atoms with van der Waals surface area (Å²) in [5.41, 5.74) is 3.64. The minimum absolute atomic E-state index is 0.0514. The predicted molar refractivity (Wildman–Crippen MR) is 158 cm³/mol. The number of carbonyl (C=O) groups is 2. The zero-order valence-electron chi connectivity index (χ0n) is 24.3. The predicted octanol–water partition coefficient (Wildman–Crippen LogP) is 3.70. The number of aliphatic hydroxyl groups excluding tert-OH is 1. The van der Waals surface area contributed by atoms with Gasteiger partial charge in [-0.05, 0) is 58.6 Å². The molecule has 3 heterocycles. The van der Waals surface area contributed by atoms with Crippen LogP contribution in [0, 0.1) is 6.92 Å². The number of anilines is 1. The van der Waals surface area contributed by atoms with E-state index in [1.807, 2.05) is 42.5 Å². The van der Waals surface area contributed by atoms with Gasteiger partial charge in [-0.2, -0.15) is 5.10 Å². The highest BCUT2D eigenvalue weighted by atomic mass is 16.7. The number of aliphatic hydroxyl groups is 1. The Morgan fingerprint density at radius 1 is 0.932 bits per heavy atom. The third kappa shape index (κ3) is 5.52. The second kappa shape index (κ2) is 11.8. The van der Waals surface area contributed by atoms with E-state index in [2.05, 4.69) is 39.7 Å². The van der Waals surface area contributed by atoms with Gasteiger partial charge >= 0.3 is 5.91 Å². The molecule has 1 N–H and O–H groups in total. The Morgan fingerprint density at radius 3 is 2.32 bits per heavy atom. The highest BCUT2D eigenvalue weighted by molar-refractivity contribution is 6.51. The fourth-order valence-corrected chi connectivity index (χ4v) is 4.97. The van der Waals surface area contributed by atoms with Crippen molar-refractivity contribution in [2.45, 2.75) is 39.3 Å². The van der Waals surface area contributed by atoms with Gasteiger partial charge in [0.2, 0.25) is 10.4 Å². The number of nitrogens with zero attached hydrogens (tertiary/aromatic N) is 8. The van der Waals surface area contributed by atoms with Gasteiger partial charge in [-0.3, -0.25) is 14.5 Å². The molecule has 1 unspecified atom stereocenters. The molecule has 220 valence electrons. The molecule has 0 saturated carbocycles.